The molecule has 0 radical (unpaired) electrons. The molecule has 0 fully saturated rings. The first-order valence-electron chi connectivity index (χ1n) is 5.67. The molecule has 0 aliphatic heterocycles. The number of amides is 2. The van der Waals surface area contributed by atoms with Crippen LogP contribution in [0.2, 0.25) is 0 Å². The molecule has 0 bridgehead atoms. The second kappa shape index (κ2) is 6.03. The first-order valence-corrected chi connectivity index (χ1v) is 5.67. The molecular formula is C13H18N2O2. The lowest BCUT2D eigenvalue weighted by atomic mass is 10.1. The fourth-order valence-corrected chi connectivity index (χ4v) is 1.41. The molecule has 1 aromatic rings. The van der Waals surface area contributed by atoms with E-state index in [-0.39, 0.29) is 12.1 Å². The van der Waals surface area contributed by atoms with E-state index in [0.29, 0.717) is 0 Å². The molecule has 0 unspecified atom stereocenters. The third kappa shape index (κ3) is 4.26. The van der Waals surface area contributed by atoms with Gasteiger partial charge in [0.15, 0.2) is 0 Å². The lowest BCUT2D eigenvalue weighted by Crippen LogP contribution is -2.43. The van der Waals surface area contributed by atoms with Crippen LogP contribution in [0.15, 0.2) is 30.3 Å². The minimum atomic E-state index is -0.602. The second-order valence-corrected chi connectivity index (χ2v) is 4.23. The first-order chi connectivity index (χ1) is 8.00. The molecular weight excluding hydrogens is 216 g/mol. The predicted molar refractivity (Wildman–Crippen MR) is 66.3 cm³/mol. The summed E-state index contributed by atoms with van der Waals surface area (Å²) in [5, 5.41) is 5.20. The van der Waals surface area contributed by atoms with Crippen molar-refractivity contribution in [1.82, 2.24) is 10.6 Å². The molecule has 1 rings (SSSR count). The molecule has 4 nitrogen and oxygen atoms in total. The van der Waals surface area contributed by atoms with E-state index in [2.05, 4.69) is 10.6 Å². The molecule has 0 aliphatic rings. The minimum Gasteiger partial charge on any atom is -0.346 e. The summed E-state index contributed by atoms with van der Waals surface area (Å²) in [6.45, 7) is 5.47. The van der Waals surface area contributed by atoms with Gasteiger partial charge in [-0.1, -0.05) is 30.3 Å². The highest BCUT2D eigenvalue weighted by molar-refractivity contribution is 6.35. The quantitative estimate of drug-likeness (QED) is 0.776. The van der Waals surface area contributed by atoms with Gasteiger partial charge in [0.2, 0.25) is 0 Å². The van der Waals surface area contributed by atoms with Gasteiger partial charge < -0.3 is 10.6 Å². The first kappa shape index (κ1) is 13.2. The van der Waals surface area contributed by atoms with Crippen molar-refractivity contribution in [2.24, 2.45) is 0 Å². The molecule has 0 heterocycles. The summed E-state index contributed by atoms with van der Waals surface area (Å²) in [7, 11) is 0. The van der Waals surface area contributed by atoms with Crippen molar-refractivity contribution >= 4 is 11.8 Å². The van der Waals surface area contributed by atoms with Gasteiger partial charge in [-0.15, -0.1) is 0 Å². The summed E-state index contributed by atoms with van der Waals surface area (Å²) in [5.74, 6) is -1.20. The molecule has 17 heavy (non-hydrogen) atoms. The van der Waals surface area contributed by atoms with Gasteiger partial charge in [0.25, 0.3) is 0 Å². The molecule has 92 valence electrons. The average Bonchev–Trinajstić information content (AvgIpc) is 2.29. The Labute approximate surface area is 101 Å². The fraction of sp³-hybridized carbons (Fsp3) is 0.385. The van der Waals surface area contributed by atoms with E-state index < -0.39 is 11.8 Å². The third-order valence-corrected chi connectivity index (χ3v) is 2.27. The van der Waals surface area contributed by atoms with E-state index in [1.165, 1.54) is 0 Å². The standard InChI is InChI=1S/C13H18N2O2/c1-9(2)14-12(16)13(17)15-10(3)11-7-5-4-6-8-11/h4-10H,1-3H3,(H,14,16)(H,15,17)/t10-/m0/s1. The minimum absolute atomic E-state index is 0.0414. The van der Waals surface area contributed by atoms with E-state index in [9.17, 15) is 9.59 Å². The van der Waals surface area contributed by atoms with Crippen LogP contribution in [-0.2, 0) is 9.59 Å². The molecule has 4 heteroatoms. The van der Waals surface area contributed by atoms with Crippen molar-refractivity contribution in [2.45, 2.75) is 32.9 Å². The number of rotatable bonds is 3. The van der Waals surface area contributed by atoms with Crippen LogP contribution >= 0.6 is 0 Å². The summed E-state index contributed by atoms with van der Waals surface area (Å²) >= 11 is 0. The van der Waals surface area contributed by atoms with Gasteiger partial charge in [0.1, 0.15) is 0 Å². The van der Waals surface area contributed by atoms with Crippen LogP contribution in [0.3, 0.4) is 0 Å². The normalized spacial score (nSPS) is 12.0. The number of carbonyl (C=O) groups is 2. The summed E-state index contributed by atoms with van der Waals surface area (Å²) in [4.78, 5) is 22.9. The average molecular weight is 234 g/mol. The van der Waals surface area contributed by atoms with Gasteiger partial charge in [-0.25, -0.2) is 0 Å². The zero-order valence-electron chi connectivity index (χ0n) is 10.4. The highest BCUT2D eigenvalue weighted by Crippen LogP contribution is 2.10. The maximum absolute atomic E-state index is 11.5. The second-order valence-electron chi connectivity index (χ2n) is 4.23. The number of hydrogen-bond acceptors (Lipinski definition) is 2. The fourth-order valence-electron chi connectivity index (χ4n) is 1.41. The van der Waals surface area contributed by atoms with E-state index in [1.807, 2.05) is 51.1 Å². The molecule has 2 amide bonds. The lowest BCUT2D eigenvalue weighted by Gasteiger charge is -2.14. The van der Waals surface area contributed by atoms with Crippen molar-refractivity contribution in [3.63, 3.8) is 0 Å². The van der Waals surface area contributed by atoms with Gasteiger partial charge in [-0.3, -0.25) is 9.59 Å². The number of carbonyl (C=O) groups excluding carboxylic acids is 2. The van der Waals surface area contributed by atoms with Gasteiger partial charge in [-0.05, 0) is 26.3 Å². The van der Waals surface area contributed by atoms with Gasteiger partial charge in [0, 0.05) is 6.04 Å². The van der Waals surface area contributed by atoms with Crippen LogP contribution in [0.4, 0.5) is 0 Å². The summed E-state index contributed by atoms with van der Waals surface area (Å²) in [6, 6.07) is 9.29. The van der Waals surface area contributed by atoms with Crippen molar-refractivity contribution in [1.29, 1.82) is 0 Å². The topological polar surface area (TPSA) is 58.2 Å². The maximum Gasteiger partial charge on any atom is 0.309 e. The lowest BCUT2D eigenvalue weighted by molar-refractivity contribution is -0.139. The van der Waals surface area contributed by atoms with Crippen LogP contribution in [-0.4, -0.2) is 17.9 Å². The number of hydrogen-bond donors (Lipinski definition) is 2. The monoisotopic (exact) mass is 234 g/mol. The highest BCUT2D eigenvalue weighted by atomic mass is 16.2. The molecule has 0 spiro atoms. The molecule has 0 aromatic heterocycles. The summed E-state index contributed by atoms with van der Waals surface area (Å²) in [6.07, 6.45) is 0. The van der Waals surface area contributed by atoms with Gasteiger partial charge >= 0.3 is 11.8 Å². The van der Waals surface area contributed by atoms with Crippen molar-refractivity contribution in [2.75, 3.05) is 0 Å². The SMILES string of the molecule is CC(C)NC(=O)C(=O)N[C@@H](C)c1ccccc1. The van der Waals surface area contributed by atoms with Gasteiger partial charge in [0.05, 0.1) is 6.04 Å². The van der Waals surface area contributed by atoms with Crippen molar-refractivity contribution < 1.29 is 9.59 Å². The zero-order valence-corrected chi connectivity index (χ0v) is 10.4. The Hall–Kier alpha value is -1.84. The maximum atomic E-state index is 11.5. The molecule has 1 atom stereocenters. The molecule has 0 saturated heterocycles. The largest absolute Gasteiger partial charge is 0.346 e. The Bertz CT molecular complexity index is 388. The van der Waals surface area contributed by atoms with E-state index >= 15 is 0 Å². The van der Waals surface area contributed by atoms with E-state index in [4.69, 9.17) is 0 Å². The highest BCUT2D eigenvalue weighted by Gasteiger charge is 2.17. The van der Waals surface area contributed by atoms with Crippen LogP contribution in [0, 0.1) is 0 Å². The molecule has 0 saturated carbocycles. The predicted octanol–water partition coefficient (Wildman–Crippen LogP) is 1.39. The Kier molecular flexibility index (Phi) is 4.69. The number of benzene rings is 1. The zero-order chi connectivity index (χ0) is 12.8. The van der Waals surface area contributed by atoms with Gasteiger partial charge in [-0.2, -0.15) is 0 Å². The Morgan fingerprint density at radius 2 is 1.47 bits per heavy atom. The van der Waals surface area contributed by atoms with Crippen LogP contribution < -0.4 is 10.6 Å². The number of nitrogens with one attached hydrogen (secondary N) is 2. The Morgan fingerprint density at radius 3 is 2.00 bits per heavy atom. The molecule has 1 aromatic carbocycles. The van der Waals surface area contributed by atoms with Crippen molar-refractivity contribution in [3.05, 3.63) is 35.9 Å². The van der Waals surface area contributed by atoms with Crippen LogP contribution in [0.25, 0.3) is 0 Å². The summed E-state index contributed by atoms with van der Waals surface area (Å²) in [5.41, 5.74) is 0.971. The molecule has 2 N–H and O–H groups in total. The Morgan fingerprint density at radius 1 is 0.941 bits per heavy atom. The van der Waals surface area contributed by atoms with Crippen LogP contribution in [0.1, 0.15) is 32.4 Å². The smallest absolute Gasteiger partial charge is 0.309 e. The third-order valence-electron chi connectivity index (χ3n) is 2.27. The Balaban J connectivity index is 2.55. The molecule has 0 aliphatic carbocycles. The van der Waals surface area contributed by atoms with Crippen molar-refractivity contribution in [3.8, 4) is 0 Å². The van der Waals surface area contributed by atoms with E-state index in [1.54, 1.807) is 0 Å². The van der Waals surface area contributed by atoms with E-state index in [0.717, 1.165) is 5.56 Å². The van der Waals surface area contributed by atoms with Crippen LogP contribution in [0.5, 0.6) is 0 Å². The summed E-state index contributed by atoms with van der Waals surface area (Å²) < 4.78 is 0.